The van der Waals surface area contributed by atoms with Crippen LogP contribution in [-0.4, -0.2) is 22.9 Å². The minimum Gasteiger partial charge on any atom is -0.397 e. The number of benzene rings is 1. The van der Waals surface area contributed by atoms with Gasteiger partial charge in [0.15, 0.2) is 11.0 Å². The Labute approximate surface area is 106 Å². The zero-order valence-corrected chi connectivity index (χ0v) is 10.8. The standard InChI is InChI=1S/C13H18N4O/c1-8(2)7-17(9-3-4-9)11-6-5-10(14)12-13(11)16-18-15-12/h5-6,8-9H,3-4,7,14H2,1-2H3. The summed E-state index contributed by atoms with van der Waals surface area (Å²) in [7, 11) is 0. The van der Waals surface area contributed by atoms with Crippen molar-refractivity contribution in [2.24, 2.45) is 5.92 Å². The molecule has 1 aliphatic carbocycles. The van der Waals surface area contributed by atoms with Gasteiger partial charge in [-0.25, -0.2) is 4.63 Å². The van der Waals surface area contributed by atoms with E-state index in [0.717, 1.165) is 17.7 Å². The van der Waals surface area contributed by atoms with Crippen LogP contribution in [0.15, 0.2) is 16.8 Å². The van der Waals surface area contributed by atoms with Crippen molar-refractivity contribution in [2.45, 2.75) is 32.7 Å². The first-order valence-electron chi connectivity index (χ1n) is 6.44. The molecule has 1 aliphatic rings. The summed E-state index contributed by atoms with van der Waals surface area (Å²) >= 11 is 0. The molecule has 96 valence electrons. The second-order valence-electron chi connectivity index (χ2n) is 5.41. The highest BCUT2D eigenvalue weighted by Gasteiger charge is 2.31. The summed E-state index contributed by atoms with van der Waals surface area (Å²) in [5.74, 6) is 0.609. The maximum atomic E-state index is 5.88. The lowest BCUT2D eigenvalue weighted by Crippen LogP contribution is -2.30. The van der Waals surface area contributed by atoms with Gasteiger partial charge in [-0.05, 0) is 41.2 Å². The maximum Gasteiger partial charge on any atom is 0.160 e. The average Bonchev–Trinajstić information content (AvgIpc) is 3.04. The zero-order chi connectivity index (χ0) is 12.7. The van der Waals surface area contributed by atoms with Crippen LogP contribution in [0.5, 0.6) is 0 Å². The van der Waals surface area contributed by atoms with Crippen molar-refractivity contribution in [3.05, 3.63) is 12.1 Å². The van der Waals surface area contributed by atoms with E-state index in [4.69, 9.17) is 10.4 Å². The van der Waals surface area contributed by atoms with E-state index in [9.17, 15) is 0 Å². The van der Waals surface area contributed by atoms with Gasteiger partial charge in [0.2, 0.25) is 0 Å². The smallest absolute Gasteiger partial charge is 0.160 e. The van der Waals surface area contributed by atoms with E-state index in [1.165, 1.54) is 12.8 Å². The van der Waals surface area contributed by atoms with E-state index in [-0.39, 0.29) is 0 Å². The molecule has 1 heterocycles. The molecule has 0 saturated heterocycles. The van der Waals surface area contributed by atoms with Crippen LogP contribution in [0, 0.1) is 5.92 Å². The average molecular weight is 246 g/mol. The summed E-state index contributed by atoms with van der Waals surface area (Å²) in [5, 5.41) is 7.89. The molecule has 2 N–H and O–H groups in total. The number of rotatable bonds is 4. The predicted octanol–water partition coefficient (Wildman–Crippen LogP) is 2.43. The van der Waals surface area contributed by atoms with Gasteiger partial charge in [0.05, 0.1) is 11.4 Å². The lowest BCUT2D eigenvalue weighted by Gasteiger charge is -2.26. The molecule has 5 heteroatoms. The van der Waals surface area contributed by atoms with Crippen molar-refractivity contribution in [3.8, 4) is 0 Å². The molecule has 1 fully saturated rings. The Kier molecular flexibility index (Phi) is 2.61. The number of nitrogen functional groups attached to an aromatic ring is 1. The molecule has 1 aromatic carbocycles. The molecule has 0 spiro atoms. The molecule has 0 unspecified atom stereocenters. The predicted molar refractivity (Wildman–Crippen MR) is 71.4 cm³/mol. The summed E-state index contributed by atoms with van der Waals surface area (Å²) < 4.78 is 4.84. The minimum atomic E-state index is 0.609. The van der Waals surface area contributed by atoms with Crippen molar-refractivity contribution in [2.75, 3.05) is 17.2 Å². The third-order valence-corrected chi connectivity index (χ3v) is 3.28. The van der Waals surface area contributed by atoms with E-state index in [1.807, 2.05) is 12.1 Å². The number of anilines is 2. The Morgan fingerprint density at radius 3 is 2.72 bits per heavy atom. The monoisotopic (exact) mass is 246 g/mol. The normalized spacial score (nSPS) is 15.5. The lowest BCUT2D eigenvalue weighted by molar-refractivity contribution is 0.315. The number of hydrogen-bond donors (Lipinski definition) is 1. The fourth-order valence-electron chi connectivity index (χ4n) is 2.33. The molecule has 0 atom stereocenters. The first kappa shape index (κ1) is 11.3. The van der Waals surface area contributed by atoms with Crippen molar-refractivity contribution in [1.82, 2.24) is 10.3 Å². The van der Waals surface area contributed by atoms with Gasteiger partial charge in [0.1, 0.15) is 0 Å². The lowest BCUT2D eigenvalue weighted by atomic mass is 10.1. The van der Waals surface area contributed by atoms with Gasteiger partial charge in [-0.1, -0.05) is 13.8 Å². The van der Waals surface area contributed by atoms with Gasteiger partial charge in [-0.2, -0.15) is 0 Å². The molecule has 0 amide bonds. The molecule has 0 aliphatic heterocycles. The zero-order valence-electron chi connectivity index (χ0n) is 10.8. The first-order chi connectivity index (χ1) is 8.66. The van der Waals surface area contributed by atoms with Gasteiger partial charge in [-0.3, -0.25) is 0 Å². The molecule has 0 bridgehead atoms. The third-order valence-electron chi connectivity index (χ3n) is 3.28. The SMILES string of the molecule is CC(C)CN(c1ccc(N)c2nonc12)C1CC1. The summed E-state index contributed by atoms with van der Waals surface area (Å²) in [6, 6.07) is 4.55. The summed E-state index contributed by atoms with van der Waals surface area (Å²) in [5.41, 5.74) is 9.04. The minimum absolute atomic E-state index is 0.609. The number of hydrogen-bond acceptors (Lipinski definition) is 5. The molecular formula is C13H18N4O. The van der Waals surface area contributed by atoms with Gasteiger partial charge in [0.25, 0.3) is 0 Å². The highest BCUT2D eigenvalue weighted by atomic mass is 16.6. The highest BCUT2D eigenvalue weighted by molar-refractivity contribution is 5.95. The molecule has 18 heavy (non-hydrogen) atoms. The topological polar surface area (TPSA) is 68.2 Å². The number of aromatic nitrogens is 2. The highest BCUT2D eigenvalue weighted by Crippen LogP contribution is 2.36. The molecule has 3 rings (SSSR count). The first-order valence-corrected chi connectivity index (χ1v) is 6.44. The van der Waals surface area contributed by atoms with Gasteiger partial charge < -0.3 is 10.6 Å². The fraction of sp³-hybridized carbons (Fsp3) is 0.538. The largest absolute Gasteiger partial charge is 0.397 e. The molecule has 0 radical (unpaired) electrons. The maximum absolute atomic E-state index is 5.88. The van der Waals surface area contributed by atoms with Gasteiger partial charge in [-0.15, -0.1) is 0 Å². The van der Waals surface area contributed by atoms with E-state index >= 15 is 0 Å². The Morgan fingerprint density at radius 1 is 1.33 bits per heavy atom. The quantitative estimate of drug-likeness (QED) is 0.839. The second-order valence-corrected chi connectivity index (χ2v) is 5.41. The van der Waals surface area contributed by atoms with Crippen LogP contribution in [0.25, 0.3) is 11.0 Å². The number of fused-ring (bicyclic) bond motifs is 1. The van der Waals surface area contributed by atoms with Gasteiger partial charge in [0, 0.05) is 12.6 Å². The number of nitrogens with two attached hydrogens (primary N) is 1. The molecular weight excluding hydrogens is 228 g/mol. The molecule has 1 aromatic heterocycles. The molecule has 5 nitrogen and oxygen atoms in total. The van der Waals surface area contributed by atoms with Crippen LogP contribution in [0.2, 0.25) is 0 Å². The summed E-state index contributed by atoms with van der Waals surface area (Å²) in [6.07, 6.45) is 2.51. The Hall–Kier alpha value is -1.78. The van der Waals surface area contributed by atoms with Crippen molar-refractivity contribution < 1.29 is 4.63 Å². The van der Waals surface area contributed by atoms with Crippen molar-refractivity contribution >= 4 is 22.4 Å². The van der Waals surface area contributed by atoms with E-state index < -0.39 is 0 Å². The summed E-state index contributed by atoms with van der Waals surface area (Å²) in [4.78, 5) is 2.41. The molecule has 1 saturated carbocycles. The van der Waals surface area contributed by atoms with Crippen LogP contribution in [0.1, 0.15) is 26.7 Å². The van der Waals surface area contributed by atoms with E-state index in [1.54, 1.807) is 0 Å². The van der Waals surface area contributed by atoms with E-state index in [2.05, 4.69) is 29.1 Å². The summed E-state index contributed by atoms with van der Waals surface area (Å²) in [6.45, 7) is 5.48. The third kappa shape index (κ3) is 1.89. The van der Waals surface area contributed by atoms with Crippen molar-refractivity contribution in [3.63, 3.8) is 0 Å². The van der Waals surface area contributed by atoms with E-state index in [0.29, 0.717) is 23.2 Å². The Balaban J connectivity index is 2.05. The molecule has 2 aromatic rings. The fourth-order valence-corrected chi connectivity index (χ4v) is 2.33. The van der Waals surface area contributed by atoms with Crippen LogP contribution in [0.3, 0.4) is 0 Å². The van der Waals surface area contributed by atoms with Crippen molar-refractivity contribution in [1.29, 1.82) is 0 Å². The van der Waals surface area contributed by atoms with Gasteiger partial charge >= 0.3 is 0 Å². The van der Waals surface area contributed by atoms with Crippen LogP contribution >= 0.6 is 0 Å². The van der Waals surface area contributed by atoms with Crippen LogP contribution in [-0.2, 0) is 0 Å². The Bertz CT molecular complexity index is 559. The van der Waals surface area contributed by atoms with Crippen LogP contribution < -0.4 is 10.6 Å². The van der Waals surface area contributed by atoms with Crippen LogP contribution in [0.4, 0.5) is 11.4 Å². The second kappa shape index (κ2) is 4.15. The Morgan fingerprint density at radius 2 is 2.06 bits per heavy atom. The number of nitrogens with zero attached hydrogens (tertiary/aromatic N) is 3.